The van der Waals surface area contributed by atoms with Gasteiger partial charge < -0.3 is 16.0 Å². The first-order valence-corrected chi connectivity index (χ1v) is 7.84. The van der Waals surface area contributed by atoms with Crippen molar-refractivity contribution in [3.05, 3.63) is 53.1 Å². The van der Waals surface area contributed by atoms with E-state index in [0.29, 0.717) is 0 Å². The standard InChI is InChI=1S/C19H23N3O2/c1-12-9-13(2)19(14(3)10-12)22-18(24)11-20-16-5-7-17(8-6-16)21-15(4)23/h5-10,20H,11H2,1-4H3,(H,21,23)(H,22,24). The fraction of sp³-hybridized carbons (Fsp3) is 0.263. The van der Waals surface area contributed by atoms with E-state index >= 15 is 0 Å². The highest BCUT2D eigenvalue weighted by Crippen LogP contribution is 2.21. The fourth-order valence-corrected chi connectivity index (χ4v) is 2.62. The Morgan fingerprint density at radius 2 is 1.42 bits per heavy atom. The predicted molar refractivity (Wildman–Crippen MR) is 98.5 cm³/mol. The topological polar surface area (TPSA) is 70.2 Å². The second-order valence-corrected chi connectivity index (χ2v) is 5.93. The van der Waals surface area contributed by atoms with E-state index < -0.39 is 0 Å². The molecule has 0 aromatic heterocycles. The number of nitrogens with one attached hydrogen (secondary N) is 3. The summed E-state index contributed by atoms with van der Waals surface area (Å²) in [6.45, 7) is 7.66. The third-order valence-electron chi connectivity index (χ3n) is 3.60. The number of hydrogen-bond donors (Lipinski definition) is 3. The lowest BCUT2D eigenvalue weighted by molar-refractivity contribution is -0.115. The van der Waals surface area contributed by atoms with Gasteiger partial charge in [-0.3, -0.25) is 9.59 Å². The van der Waals surface area contributed by atoms with Crippen molar-refractivity contribution in [2.45, 2.75) is 27.7 Å². The molecule has 0 bridgehead atoms. The summed E-state index contributed by atoms with van der Waals surface area (Å²) in [6, 6.07) is 11.3. The number of amides is 2. The number of rotatable bonds is 5. The molecule has 2 aromatic rings. The molecule has 0 aliphatic carbocycles. The number of anilines is 3. The fourth-order valence-electron chi connectivity index (χ4n) is 2.62. The van der Waals surface area contributed by atoms with Gasteiger partial charge in [0.15, 0.2) is 0 Å². The van der Waals surface area contributed by atoms with Crippen molar-refractivity contribution in [3.8, 4) is 0 Å². The first-order valence-electron chi connectivity index (χ1n) is 7.84. The third-order valence-corrected chi connectivity index (χ3v) is 3.60. The van der Waals surface area contributed by atoms with Crippen LogP contribution in [0.1, 0.15) is 23.6 Å². The van der Waals surface area contributed by atoms with Crippen molar-refractivity contribution in [2.24, 2.45) is 0 Å². The lowest BCUT2D eigenvalue weighted by Crippen LogP contribution is -2.22. The largest absolute Gasteiger partial charge is 0.376 e. The Morgan fingerprint density at radius 3 is 1.96 bits per heavy atom. The van der Waals surface area contributed by atoms with Gasteiger partial charge in [0.05, 0.1) is 6.54 Å². The molecule has 5 heteroatoms. The van der Waals surface area contributed by atoms with Crippen molar-refractivity contribution < 1.29 is 9.59 Å². The summed E-state index contributed by atoms with van der Waals surface area (Å²) < 4.78 is 0. The average molecular weight is 325 g/mol. The van der Waals surface area contributed by atoms with Crippen LogP contribution in [-0.2, 0) is 9.59 Å². The van der Waals surface area contributed by atoms with E-state index in [2.05, 4.69) is 28.1 Å². The summed E-state index contributed by atoms with van der Waals surface area (Å²) >= 11 is 0. The lowest BCUT2D eigenvalue weighted by atomic mass is 10.1. The number of hydrogen-bond acceptors (Lipinski definition) is 3. The van der Waals surface area contributed by atoms with Crippen LogP contribution in [0, 0.1) is 20.8 Å². The van der Waals surface area contributed by atoms with Crippen molar-refractivity contribution in [2.75, 3.05) is 22.5 Å². The van der Waals surface area contributed by atoms with Crippen molar-refractivity contribution in [1.29, 1.82) is 0 Å². The zero-order chi connectivity index (χ0) is 17.7. The Bertz CT molecular complexity index is 729. The van der Waals surface area contributed by atoms with Crippen LogP contribution in [0.4, 0.5) is 17.1 Å². The average Bonchev–Trinajstić information content (AvgIpc) is 2.49. The van der Waals surface area contributed by atoms with E-state index in [0.717, 1.165) is 28.2 Å². The maximum Gasteiger partial charge on any atom is 0.243 e. The van der Waals surface area contributed by atoms with Gasteiger partial charge in [-0.1, -0.05) is 17.7 Å². The van der Waals surface area contributed by atoms with Gasteiger partial charge in [0.1, 0.15) is 0 Å². The zero-order valence-corrected chi connectivity index (χ0v) is 14.5. The Balaban J connectivity index is 1.93. The van der Waals surface area contributed by atoms with E-state index in [4.69, 9.17) is 0 Å². The molecular weight excluding hydrogens is 302 g/mol. The summed E-state index contributed by atoms with van der Waals surface area (Å²) in [7, 11) is 0. The molecule has 0 saturated heterocycles. The van der Waals surface area contributed by atoms with Crippen LogP contribution in [-0.4, -0.2) is 18.4 Å². The van der Waals surface area contributed by atoms with Crippen LogP contribution >= 0.6 is 0 Å². The van der Waals surface area contributed by atoms with Crippen LogP contribution in [0.15, 0.2) is 36.4 Å². The molecule has 0 unspecified atom stereocenters. The van der Waals surface area contributed by atoms with Crippen molar-refractivity contribution >= 4 is 28.9 Å². The van der Waals surface area contributed by atoms with E-state index in [1.807, 2.05) is 32.9 Å². The molecule has 24 heavy (non-hydrogen) atoms. The number of aryl methyl sites for hydroxylation is 3. The van der Waals surface area contributed by atoms with Gasteiger partial charge in [-0.2, -0.15) is 0 Å². The molecule has 126 valence electrons. The molecule has 0 spiro atoms. The Hall–Kier alpha value is -2.82. The molecule has 0 fully saturated rings. The molecule has 0 saturated carbocycles. The SMILES string of the molecule is CC(=O)Nc1ccc(NCC(=O)Nc2c(C)cc(C)cc2C)cc1. The first-order chi connectivity index (χ1) is 11.3. The normalized spacial score (nSPS) is 10.2. The highest BCUT2D eigenvalue weighted by Gasteiger charge is 2.08. The van der Waals surface area contributed by atoms with Gasteiger partial charge in [-0.15, -0.1) is 0 Å². The van der Waals surface area contributed by atoms with Crippen LogP contribution in [0.2, 0.25) is 0 Å². The summed E-state index contributed by atoms with van der Waals surface area (Å²) in [4.78, 5) is 23.1. The van der Waals surface area contributed by atoms with Crippen molar-refractivity contribution in [1.82, 2.24) is 0 Å². The molecule has 0 atom stereocenters. The molecule has 0 heterocycles. The minimum Gasteiger partial charge on any atom is -0.376 e. The van der Waals surface area contributed by atoms with E-state index in [9.17, 15) is 9.59 Å². The summed E-state index contributed by atoms with van der Waals surface area (Å²) in [5.74, 6) is -0.213. The van der Waals surface area contributed by atoms with E-state index in [-0.39, 0.29) is 18.4 Å². The maximum absolute atomic E-state index is 12.2. The zero-order valence-electron chi connectivity index (χ0n) is 14.5. The molecule has 0 radical (unpaired) electrons. The van der Waals surface area contributed by atoms with Gasteiger partial charge in [-0.05, 0) is 56.2 Å². The molecule has 2 rings (SSSR count). The predicted octanol–water partition coefficient (Wildman–Crippen LogP) is 3.62. The summed E-state index contributed by atoms with van der Waals surface area (Å²) in [6.07, 6.45) is 0. The Labute approximate surface area is 142 Å². The van der Waals surface area contributed by atoms with Gasteiger partial charge in [0, 0.05) is 24.0 Å². The molecular formula is C19H23N3O2. The van der Waals surface area contributed by atoms with Gasteiger partial charge in [-0.25, -0.2) is 0 Å². The second-order valence-electron chi connectivity index (χ2n) is 5.93. The van der Waals surface area contributed by atoms with Gasteiger partial charge >= 0.3 is 0 Å². The highest BCUT2D eigenvalue weighted by atomic mass is 16.2. The van der Waals surface area contributed by atoms with Crippen LogP contribution < -0.4 is 16.0 Å². The maximum atomic E-state index is 12.2. The minimum atomic E-state index is -0.112. The Kier molecular flexibility index (Phi) is 5.58. The molecule has 3 N–H and O–H groups in total. The molecule has 2 aromatic carbocycles. The van der Waals surface area contributed by atoms with E-state index in [1.54, 1.807) is 12.1 Å². The van der Waals surface area contributed by atoms with Crippen LogP contribution in [0.5, 0.6) is 0 Å². The third kappa shape index (κ3) is 4.84. The molecule has 5 nitrogen and oxygen atoms in total. The molecule has 0 aliphatic heterocycles. The second kappa shape index (κ2) is 7.64. The smallest absolute Gasteiger partial charge is 0.243 e. The minimum absolute atomic E-state index is 0.101. The highest BCUT2D eigenvalue weighted by molar-refractivity contribution is 5.95. The van der Waals surface area contributed by atoms with Crippen LogP contribution in [0.25, 0.3) is 0 Å². The first kappa shape index (κ1) is 17.5. The van der Waals surface area contributed by atoms with Gasteiger partial charge in [0.2, 0.25) is 11.8 Å². The monoisotopic (exact) mass is 325 g/mol. The summed E-state index contributed by atoms with van der Waals surface area (Å²) in [5.41, 5.74) is 5.70. The summed E-state index contributed by atoms with van der Waals surface area (Å²) in [5, 5.41) is 8.73. The number of carbonyl (C=O) groups is 2. The van der Waals surface area contributed by atoms with E-state index in [1.165, 1.54) is 12.5 Å². The van der Waals surface area contributed by atoms with Gasteiger partial charge in [0.25, 0.3) is 0 Å². The lowest BCUT2D eigenvalue weighted by Gasteiger charge is -2.13. The quantitative estimate of drug-likeness (QED) is 0.786. The van der Waals surface area contributed by atoms with Crippen LogP contribution in [0.3, 0.4) is 0 Å². The number of benzene rings is 2. The number of carbonyl (C=O) groups excluding carboxylic acids is 2. The molecule has 0 aliphatic rings. The van der Waals surface area contributed by atoms with Crippen molar-refractivity contribution in [3.63, 3.8) is 0 Å². The Morgan fingerprint density at radius 1 is 0.875 bits per heavy atom. The molecule has 2 amide bonds.